The van der Waals surface area contributed by atoms with Crippen molar-refractivity contribution >= 4 is 5.91 Å². The lowest BCUT2D eigenvalue weighted by atomic mass is 9.95. The Balaban J connectivity index is 1.41. The van der Waals surface area contributed by atoms with E-state index in [-0.39, 0.29) is 5.91 Å². The molecule has 1 amide bonds. The smallest absolute Gasteiger partial charge is 0.272 e. The second-order valence-electron chi connectivity index (χ2n) is 7.13. The van der Waals surface area contributed by atoms with Crippen LogP contribution in [-0.4, -0.2) is 38.4 Å². The Labute approximate surface area is 159 Å². The van der Waals surface area contributed by atoms with Gasteiger partial charge < -0.3 is 9.47 Å². The molecule has 0 unspecified atom stereocenters. The van der Waals surface area contributed by atoms with Crippen molar-refractivity contribution in [3.63, 3.8) is 0 Å². The zero-order valence-corrected chi connectivity index (χ0v) is 15.6. The maximum atomic E-state index is 12.7. The molecule has 0 atom stereocenters. The van der Waals surface area contributed by atoms with E-state index in [1.165, 1.54) is 5.56 Å². The van der Waals surface area contributed by atoms with Gasteiger partial charge in [-0.1, -0.05) is 36.4 Å². The largest absolute Gasteiger partial charge is 0.337 e. The van der Waals surface area contributed by atoms with Gasteiger partial charge >= 0.3 is 0 Å². The van der Waals surface area contributed by atoms with Gasteiger partial charge in [-0.15, -0.1) is 0 Å². The molecule has 0 bridgehead atoms. The number of amides is 1. The predicted molar refractivity (Wildman–Crippen MR) is 105 cm³/mol. The molecule has 1 fully saturated rings. The number of piperidine rings is 1. The summed E-state index contributed by atoms with van der Waals surface area (Å²) in [5.74, 6) is 1.54. The number of imidazole rings is 1. The number of carbonyl (C=O) groups excluding carboxylic acids is 1. The Morgan fingerprint density at radius 3 is 2.59 bits per heavy atom. The SMILES string of the molecule is Cc1cccc(C(=O)N2CCC(c3nccn3Cc3ccccc3)CC2)n1. The molecule has 4 rings (SSSR count). The van der Waals surface area contributed by atoms with Gasteiger partial charge in [-0.25, -0.2) is 9.97 Å². The third-order valence-corrected chi connectivity index (χ3v) is 5.20. The fourth-order valence-electron chi connectivity index (χ4n) is 3.76. The highest BCUT2D eigenvalue weighted by molar-refractivity contribution is 5.92. The average Bonchev–Trinajstić information content (AvgIpc) is 3.16. The van der Waals surface area contributed by atoms with Crippen molar-refractivity contribution in [1.29, 1.82) is 0 Å². The number of aryl methyl sites for hydroxylation is 1. The lowest BCUT2D eigenvalue weighted by Crippen LogP contribution is -2.38. The fourth-order valence-corrected chi connectivity index (χ4v) is 3.76. The maximum absolute atomic E-state index is 12.7. The van der Waals surface area contributed by atoms with Crippen molar-refractivity contribution in [1.82, 2.24) is 19.4 Å². The van der Waals surface area contributed by atoms with Gasteiger partial charge in [0.15, 0.2) is 0 Å². The first-order chi connectivity index (χ1) is 13.2. The topological polar surface area (TPSA) is 51.0 Å². The molecular weight excluding hydrogens is 336 g/mol. The number of pyridine rings is 1. The minimum absolute atomic E-state index is 0.0322. The summed E-state index contributed by atoms with van der Waals surface area (Å²) in [5.41, 5.74) is 2.69. The third-order valence-electron chi connectivity index (χ3n) is 5.20. The van der Waals surface area contributed by atoms with Crippen molar-refractivity contribution in [2.75, 3.05) is 13.1 Å². The van der Waals surface area contributed by atoms with E-state index in [0.717, 1.165) is 44.0 Å². The minimum Gasteiger partial charge on any atom is -0.337 e. The third kappa shape index (κ3) is 3.92. The van der Waals surface area contributed by atoms with Gasteiger partial charge in [0.05, 0.1) is 0 Å². The van der Waals surface area contributed by atoms with Crippen molar-refractivity contribution in [2.45, 2.75) is 32.2 Å². The van der Waals surface area contributed by atoms with E-state index >= 15 is 0 Å². The molecule has 3 aromatic rings. The van der Waals surface area contributed by atoms with Crippen LogP contribution in [0.4, 0.5) is 0 Å². The van der Waals surface area contributed by atoms with Gasteiger partial charge in [0.25, 0.3) is 5.91 Å². The van der Waals surface area contributed by atoms with Gasteiger partial charge in [0, 0.05) is 43.6 Å². The summed E-state index contributed by atoms with van der Waals surface area (Å²) in [5, 5.41) is 0. The first-order valence-electron chi connectivity index (χ1n) is 9.48. The Morgan fingerprint density at radius 1 is 1.07 bits per heavy atom. The molecule has 27 heavy (non-hydrogen) atoms. The predicted octanol–water partition coefficient (Wildman–Crippen LogP) is 3.65. The van der Waals surface area contributed by atoms with E-state index in [1.54, 1.807) is 6.07 Å². The summed E-state index contributed by atoms with van der Waals surface area (Å²) in [6.07, 6.45) is 5.80. The van der Waals surface area contributed by atoms with Gasteiger partial charge in [-0.05, 0) is 37.5 Å². The second-order valence-corrected chi connectivity index (χ2v) is 7.13. The lowest BCUT2D eigenvalue weighted by Gasteiger charge is -2.31. The number of aromatic nitrogens is 3. The van der Waals surface area contributed by atoms with Crippen LogP contribution in [0.1, 0.15) is 46.3 Å². The number of rotatable bonds is 4. The number of nitrogens with zero attached hydrogens (tertiary/aromatic N) is 4. The number of hydrogen-bond acceptors (Lipinski definition) is 3. The number of likely N-dealkylation sites (tertiary alicyclic amines) is 1. The normalized spacial score (nSPS) is 15.1. The highest BCUT2D eigenvalue weighted by Crippen LogP contribution is 2.28. The summed E-state index contributed by atoms with van der Waals surface area (Å²) >= 11 is 0. The van der Waals surface area contributed by atoms with Crippen LogP contribution in [0.2, 0.25) is 0 Å². The molecular formula is C22H24N4O. The lowest BCUT2D eigenvalue weighted by molar-refractivity contribution is 0.0704. The average molecular weight is 360 g/mol. The Morgan fingerprint density at radius 2 is 1.85 bits per heavy atom. The zero-order chi connectivity index (χ0) is 18.6. The highest BCUT2D eigenvalue weighted by Gasteiger charge is 2.27. The molecule has 0 radical (unpaired) electrons. The molecule has 2 aromatic heterocycles. The van der Waals surface area contributed by atoms with E-state index in [0.29, 0.717) is 11.6 Å². The molecule has 0 aliphatic carbocycles. The first-order valence-corrected chi connectivity index (χ1v) is 9.48. The molecule has 1 saturated heterocycles. The van der Waals surface area contributed by atoms with Crippen LogP contribution in [0.25, 0.3) is 0 Å². The van der Waals surface area contributed by atoms with Crippen molar-refractivity contribution in [3.8, 4) is 0 Å². The summed E-state index contributed by atoms with van der Waals surface area (Å²) in [6, 6.07) is 16.0. The molecule has 0 saturated carbocycles. The van der Waals surface area contributed by atoms with Crippen LogP contribution in [0.5, 0.6) is 0 Å². The van der Waals surface area contributed by atoms with E-state index in [1.807, 2.05) is 36.2 Å². The Hall–Kier alpha value is -2.95. The number of benzene rings is 1. The fraction of sp³-hybridized carbons (Fsp3) is 0.318. The molecule has 138 valence electrons. The van der Waals surface area contributed by atoms with Gasteiger partial charge in [-0.2, -0.15) is 0 Å². The number of hydrogen-bond donors (Lipinski definition) is 0. The van der Waals surface area contributed by atoms with E-state index < -0.39 is 0 Å². The Bertz CT molecular complexity index is 911. The van der Waals surface area contributed by atoms with Crippen molar-refractivity contribution in [2.24, 2.45) is 0 Å². The van der Waals surface area contributed by atoms with Crippen LogP contribution in [0, 0.1) is 6.92 Å². The zero-order valence-electron chi connectivity index (χ0n) is 15.6. The summed E-state index contributed by atoms with van der Waals surface area (Å²) in [7, 11) is 0. The summed E-state index contributed by atoms with van der Waals surface area (Å²) in [6.45, 7) is 4.24. The standard InChI is InChI=1S/C22H24N4O/c1-17-6-5-9-20(24-17)22(27)25-13-10-19(11-14-25)21-23-12-15-26(21)16-18-7-3-2-4-8-18/h2-9,12,15,19H,10-11,13-14,16H2,1H3. The molecule has 0 spiro atoms. The number of carbonyl (C=O) groups is 1. The van der Waals surface area contributed by atoms with Crippen LogP contribution < -0.4 is 0 Å². The van der Waals surface area contributed by atoms with E-state index in [2.05, 4.69) is 45.0 Å². The molecule has 1 aliphatic rings. The maximum Gasteiger partial charge on any atom is 0.272 e. The van der Waals surface area contributed by atoms with Crippen LogP contribution in [-0.2, 0) is 6.54 Å². The summed E-state index contributed by atoms with van der Waals surface area (Å²) < 4.78 is 2.24. The van der Waals surface area contributed by atoms with Crippen molar-refractivity contribution in [3.05, 3.63) is 83.7 Å². The Kier molecular flexibility index (Phi) is 5.01. The van der Waals surface area contributed by atoms with E-state index in [4.69, 9.17) is 0 Å². The molecule has 1 aromatic carbocycles. The monoisotopic (exact) mass is 360 g/mol. The van der Waals surface area contributed by atoms with Crippen molar-refractivity contribution < 1.29 is 4.79 Å². The highest BCUT2D eigenvalue weighted by atomic mass is 16.2. The second kappa shape index (κ2) is 7.74. The summed E-state index contributed by atoms with van der Waals surface area (Å²) in [4.78, 5) is 23.6. The van der Waals surface area contributed by atoms with Crippen LogP contribution >= 0.6 is 0 Å². The minimum atomic E-state index is 0.0322. The molecule has 0 N–H and O–H groups in total. The molecule has 1 aliphatic heterocycles. The molecule has 5 nitrogen and oxygen atoms in total. The van der Waals surface area contributed by atoms with Crippen LogP contribution in [0.3, 0.4) is 0 Å². The first kappa shape index (κ1) is 17.5. The van der Waals surface area contributed by atoms with Gasteiger partial charge in [-0.3, -0.25) is 4.79 Å². The van der Waals surface area contributed by atoms with Gasteiger partial charge in [0.2, 0.25) is 0 Å². The molecule has 5 heteroatoms. The van der Waals surface area contributed by atoms with Crippen LogP contribution in [0.15, 0.2) is 60.9 Å². The molecule has 3 heterocycles. The quantitative estimate of drug-likeness (QED) is 0.713. The van der Waals surface area contributed by atoms with E-state index in [9.17, 15) is 4.79 Å². The van der Waals surface area contributed by atoms with Gasteiger partial charge in [0.1, 0.15) is 11.5 Å².